The fraction of sp³-hybridized carbons (Fsp3) is 0.0625. The number of oxime groups is 1. The second-order valence-electron chi connectivity index (χ2n) is 4.99. The first-order chi connectivity index (χ1) is 12.2. The molecule has 0 aliphatic heterocycles. The number of nitrogen functional groups attached to an aromatic ring is 1. The largest absolute Gasteiger partial charge is 0.487 e. The molecule has 0 saturated heterocycles. The number of anilines is 2. The second kappa shape index (κ2) is 7.54. The van der Waals surface area contributed by atoms with Crippen LogP contribution < -0.4 is 15.8 Å². The van der Waals surface area contributed by atoms with Crippen LogP contribution in [0.25, 0.3) is 0 Å². The molecule has 0 aliphatic carbocycles. The fourth-order valence-corrected chi connectivity index (χ4v) is 2.29. The number of hydrogen-bond donors (Lipinski definition) is 3. The van der Waals surface area contributed by atoms with Crippen molar-refractivity contribution in [1.29, 1.82) is 0 Å². The summed E-state index contributed by atoms with van der Waals surface area (Å²) >= 11 is 6.24. The zero-order valence-electron chi connectivity index (χ0n) is 12.9. The Morgan fingerprint density at radius 2 is 2.04 bits per heavy atom. The number of amidine groups is 1. The minimum Gasteiger partial charge on any atom is -0.487 e. The van der Waals surface area contributed by atoms with Crippen molar-refractivity contribution in [2.75, 3.05) is 11.1 Å². The Morgan fingerprint density at radius 1 is 1.24 bits per heavy atom. The van der Waals surface area contributed by atoms with Crippen molar-refractivity contribution >= 4 is 28.9 Å². The smallest absolute Gasteiger partial charge is 0.203 e. The molecule has 0 radical (unpaired) electrons. The summed E-state index contributed by atoms with van der Waals surface area (Å²) in [6.07, 6.45) is 0. The first kappa shape index (κ1) is 16.6. The van der Waals surface area contributed by atoms with Gasteiger partial charge in [-0.1, -0.05) is 47.1 Å². The van der Waals surface area contributed by atoms with Gasteiger partial charge in [0.15, 0.2) is 11.5 Å². The summed E-state index contributed by atoms with van der Waals surface area (Å²) in [5.41, 5.74) is 7.24. The first-order valence-corrected chi connectivity index (χ1v) is 7.59. The SMILES string of the molecule is Nc1nonc1/C(=N\O)Nc1ccc(OCc2ccccc2)c(Cl)c1. The molecule has 128 valence electrons. The fourth-order valence-electron chi connectivity index (χ4n) is 2.06. The molecule has 4 N–H and O–H groups in total. The summed E-state index contributed by atoms with van der Waals surface area (Å²) in [4.78, 5) is 0. The summed E-state index contributed by atoms with van der Waals surface area (Å²) in [6, 6.07) is 14.8. The molecule has 2 aromatic carbocycles. The lowest BCUT2D eigenvalue weighted by molar-refractivity contribution is 0.305. The van der Waals surface area contributed by atoms with E-state index < -0.39 is 0 Å². The number of nitrogens with two attached hydrogens (primary N) is 1. The molecule has 0 bridgehead atoms. The molecule has 1 aromatic heterocycles. The van der Waals surface area contributed by atoms with Crippen molar-refractivity contribution in [1.82, 2.24) is 10.3 Å². The number of ether oxygens (including phenoxy) is 1. The van der Waals surface area contributed by atoms with Crippen LogP contribution in [0, 0.1) is 0 Å². The molecular formula is C16H14ClN5O3. The summed E-state index contributed by atoms with van der Waals surface area (Å²) in [7, 11) is 0. The normalized spacial score (nSPS) is 11.3. The Bertz CT molecular complexity index is 882. The molecule has 25 heavy (non-hydrogen) atoms. The monoisotopic (exact) mass is 359 g/mol. The Morgan fingerprint density at radius 3 is 2.68 bits per heavy atom. The van der Waals surface area contributed by atoms with E-state index in [1.165, 1.54) is 0 Å². The summed E-state index contributed by atoms with van der Waals surface area (Å²) in [5, 5.41) is 22.4. The van der Waals surface area contributed by atoms with Gasteiger partial charge in [-0.05, 0) is 34.1 Å². The van der Waals surface area contributed by atoms with Crippen LogP contribution in [0.4, 0.5) is 11.5 Å². The first-order valence-electron chi connectivity index (χ1n) is 7.21. The number of rotatable bonds is 5. The molecule has 0 unspecified atom stereocenters. The average Bonchev–Trinajstić information content (AvgIpc) is 3.05. The number of nitrogens with one attached hydrogen (secondary N) is 1. The highest BCUT2D eigenvalue weighted by Gasteiger charge is 2.15. The van der Waals surface area contributed by atoms with E-state index in [9.17, 15) is 0 Å². The highest BCUT2D eigenvalue weighted by molar-refractivity contribution is 6.32. The summed E-state index contributed by atoms with van der Waals surface area (Å²) in [6.45, 7) is 0.401. The predicted molar refractivity (Wildman–Crippen MR) is 92.9 cm³/mol. The van der Waals surface area contributed by atoms with Crippen LogP contribution in [0.15, 0.2) is 58.3 Å². The van der Waals surface area contributed by atoms with E-state index in [0.717, 1.165) is 5.56 Å². The molecule has 0 aliphatic rings. The molecule has 8 nitrogen and oxygen atoms in total. The van der Waals surface area contributed by atoms with Gasteiger partial charge < -0.3 is 21.0 Å². The van der Waals surface area contributed by atoms with E-state index in [-0.39, 0.29) is 17.3 Å². The van der Waals surface area contributed by atoms with Gasteiger partial charge in [0.2, 0.25) is 5.84 Å². The van der Waals surface area contributed by atoms with Crippen molar-refractivity contribution < 1.29 is 14.6 Å². The Balaban J connectivity index is 1.70. The van der Waals surface area contributed by atoms with E-state index in [2.05, 4.69) is 25.4 Å². The van der Waals surface area contributed by atoms with Crippen LogP contribution in [0.3, 0.4) is 0 Å². The Labute approximate surface area is 147 Å². The van der Waals surface area contributed by atoms with Crippen LogP contribution in [0.2, 0.25) is 5.02 Å². The molecule has 1 heterocycles. The zero-order chi connectivity index (χ0) is 17.6. The summed E-state index contributed by atoms with van der Waals surface area (Å²) < 4.78 is 10.2. The molecule has 3 rings (SSSR count). The van der Waals surface area contributed by atoms with E-state index >= 15 is 0 Å². The van der Waals surface area contributed by atoms with Crippen molar-refractivity contribution in [2.24, 2.45) is 5.16 Å². The zero-order valence-corrected chi connectivity index (χ0v) is 13.6. The van der Waals surface area contributed by atoms with E-state index in [1.54, 1.807) is 18.2 Å². The third-order valence-corrected chi connectivity index (χ3v) is 3.57. The maximum absolute atomic E-state index is 9.12. The van der Waals surface area contributed by atoms with Crippen molar-refractivity contribution in [3.8, 4) is 5.75 Å². The number of nitrogens with zero attached hydrogens (tertiary/aromatic N) is 3. The molecule has 9 heteroatoms. The van der Waals surface area contributed by atoms with Gasteiger partial charge in [0, 0.05) is 5.69 Å². The molecule has 0 amide bonds. The minimum atomic E-state index is -0.0206. The third kappa shape index (κ3) is 3.99. The summed E-state index contributed by atoms with van der Waals surface area (Å²) in [5.74, 6) is 0.503. The van der Waals surface area contributed by atoms with Gasteiger partial charge in [-0.15, -0.1) is 0 Å². The number of halogens is 1. The van der Waals surface area contributed by atoms with Crippen LogP contribution in [-0.4, -0.2) is 21.4 Å². The molecule has 0 fully saturated rings. The molecule has 0 atom stereocenters. The Hall–Kier alpha value is -3.26. The highest BCUT2D eigenvalue weighted by Crippen LogP contribution is 2.28. The third-order valence-electron chi connectivity index (χ3n) is 3.27. The highest BCUT2D eigenvalue weighted by atomic mass is 35.5. The van der Waals surface area contributed by atoms with Crippen LogP contribution in [0.5, 0.6) is 5.75 Å². The predicted octanol–water partition coefficient (Wildman–Crippen LogP) is 3.13. The molecule has 0 spiro atoms. The van der Waals surface area contributed by atoms with Gasteiger partial charge in [-0.2, -0.15) is 0 Å². The maximum atomic E-state index is 9.12. The maximum Gasteiger partial charge on any atom is 0.203 e. The molecule has 3 aromatic rings. The lowest BCUT2D eigenvalue weighted by Gasteiger charge is -2.11. The Kier molecular flexibility index (Phi) is 5.00. The van der Waals surface area contributed by atoms with Crippen molar-refractivity contribution in [2.45, 2.75) is 6.61 Å². The minimum absolute atomic E-state index is 0.00536. The van der Waals surface area contributed by atoms with Gasteiger partial charge in [-0.25, -0.2) is 4.63 Å². The average molecular weight is 360 g/mol. The van der Waals surface area contributed by atoms with Gasteiger partial charge in [0.1, 0.15) is 12.4 Å². The van der Waals surface area contributed by atoms with Crippen LogP contribution in [-0.2, 0) is 6.61 Å². The topological polar surface area (TPSA) is 119 Å². The van der Waals surface area contributed by atoms with Crippen molar-refractivity contribution in [3.05, 3.63) is 64.8 Å². The van der Waals surface area contributed by atoms with Crippen molar-refractivity contribution in [3.63, 3.8) is 0 Å². The number of benzene rings is 2. The number of hydrogen-bond acceptors (Lipinski definition) is 7. The van der Waals surface area contributed by atoms with Gasteiger partial charge in [-0.3, -0.25) is 0 Å². The van der Waals surface area contributed by atoms with Gasteiger partial charge in [0.25, 0.3) is 0 Å². The standard InChI is InChI=1S/C16H14ClN5O3/c17-12-8-11(19-16(20-23)14-15(18)22-25-21-14)6-7-13(12)24-9-10-4-2-1-3-5-10/h1-8,23H,9H2,(H2,18,22)(H,19,20). The molecule has 0 saturated carbocycles. The van der Waals surface area contributed by atoms with Gasteiger partial charge in [0.05, 0.1) is 5.02 Å². The van der Waals surface area contributed by atoms with Crippen LogP contribution in [0.1, 0.15) is 11.3 Å². The number of aromatic nitrogens is 2. The van der Waals surface area contributed by atoms with Crippen LogP contribution >= 0.6 is 11.6 Å². The lowest BCUT2D eigenvalue weighted by Crippen LogP contribution is -2.16. The second-order valence-corrected chi connectivity index (χ2v) is 5.40. The van der Waals surface area contributed by atoms with E-state index in [4.69, 9.17) is 27.3 Å². The molecular weight excluding hydrogens is 346 g/mol. The lowest BCUT2D eigenvalue weighted by atomic mass is 10.2. The van der Waals surface area contributed by atoms with Gasteiger partial charge >= 0.3 is 0 Å². The van der Waals surface area contributed by atoms with E-state index in [0.29, 0.717) is 23.1 Å². The quantitative estimate of drug-likeness (QED) is 0.277. The van der Waals surface area contributed by atoms with E-state index in [1.807, 2.05) is 30.3 Å².